The zero-order chi connectivity index (χ0) is 13.9. The van der Waals surface area contributed by atoms with Crippen molar-refractivity contribution in [2.75, 3.05) is 13.1 Å². The topological polar surface area (TPSA) is 53.4 Å². The summed E-state index contributed by atoms with van der Waals surface area (Å²) in [4.78, 5) is 17.2. The maximum atomic E-state index is 10.7. The predicted octanol–water partition coefficient (Wildman–Crippen LogP) is 2.94. The SMILES string of the molecule is CCCCCCN(CCC(=O)O)Cc1ccccn1. The van der Waals surface area contributed by atoms with Gasteiger partial charge in [0.15, 0.2) is 0 Å². The van der Waals surface area contributed by atoms with Crippen molar-refractivity contribution in [3.63, 3.8) is 0 Å². The van der Waals surface area contributed by atoms with Crippen LogP contribution in [0.3, 0.4) is 0 Å². The number of hydrogen-bond donors (Lipinski definition) is 1. The number of carboxylic acid groups (broad SMARTS) is 1. The van der Waals surface area contributed by atoms with Crippen LogP contribution in [0, 0.1) is 0 Å². The van der Waals surface area contributed by atoms with E-state index >= 15 is 0 Å². The van der Waals surface area contributed by atoms with Crippen LogP contribution in [-0.2, 0) is 11.3 Å². The van der Waals surface area contributed by atoms with Gasteiger partial charge in [-0.3, -0.25) is 14.7 Å². The zero-order valence-corrected chi connectivity index (χ0v) is 11.7. The Morgan fingerprint density at radius 3 is 2.74 bits per heavy atom. The molecule has 0 saturated carbocycles. The fourth-order valence-electron chi connectivity index (χ4n) is 2.01. The summed E-state index contributed by atoms with van der Waals surface area (Å²) >= 11 is 0. The third-order valence-corrected chi connectivity index (χ3v) is 3.08. The first-order valence-corrected chi connectivity index (χ1v) is 7.06. The second-order valence-electron chi connectivity index (χ2n) is 4.80. The van der Waals surface area contributed by atoms with E-state index in [-0.39, 0.29) is 6.42 Å². The average Bonchev–Trinajstić information content (AvgIpc) is 2.41. The first-order valence-electron chi connectivity index (χ1n) is 7.06. The molecule has 0 aliphatic rings. The molecule has 4 heteroatoms. The molecule has 1 aromatic heterocycles. The number of pyridine rings is 1. The van der Waals surface area contributed by atoms with Crippen LogP contribution >= 0.6 is 0 Å². The number of carbonyl (C=O) groups is 1. The summed E-state index contributed by atoms with van der Waals surface area (Å²) in [5, 5.41) is 8.80. The van der Waals surface area contributed by atoms with Gasteiger partial charge in [0.1, 0.15) is 0 Å². The van der Waals surface area contributed by atoms with E-state index in [2.05, 4.69) is 16.8 Å². The van der Waals surface area contributed by atoms with E-state index in [0.717, 1.165) is 25.2 Å². The minimum absolute atomic E-state index is 0.195. The van der Waals surface area contributed by atoms with Crippen LogP contribution in [0.4, 0.5) is 0 Å². The molecule has 106 valence electrons. The van der Waals surface area contributed by atoms with Crippen molar-refractivity contribution in [2.24, 2.45) is 0 Å². The van der Waals surface area contributed by atoms with Gasteiger partial charge in [-0.25, -0.2) is 0 Å². The summed E-state index contributed by atoms with van der Waals surface area (Å²) in [7, 11) is 0. The minimum atomic E-state index is -0.737. The van der Waals surface area contributed by atoms with Crippen molar-refractivity contribution in [3.05, 3.63) is 30.1 Å². The van der Waals surface area contributed by atoms with Crippen molar-refractivity contribution in [3.8, 4) is 0 Å². The van der Waals surface area contributed by atoms with E-state index in [1.165, 1.54) is 19.3 Å². The third-order valence-electron chi connectivity index (χ3n) is 3.08. The predicted molar refractivity (Wildman–Crippen MR) is 75.9 cm³/mol. The Balaban J connectivity index is 2.41. The van der Waals surface area contributed by atoms with E-state index in [0.29, 0.717) is 6.54 Å². The number of nitrogens with zero attached hydrogens (tertiary/aromatic N) is 2. The van der Waals surface area contributed by atoms with Gasteiger partial charge in [-0.05, 0) is 25.1 Å². The second-order valence-corrected chi connectivity index (χ2v) is 4.80. The van der Waals surface area contributed by atoms with Gasteiger partial charge in [-0.2, -0.15) is 0 Å². The number of carboxylic acids is 1. The number of hydrogen-bond acceptors (Lipinski definition) is 3. The molecule has 0 atom stereocenters. The van der Waals surface area contributed by atoms with Crippen LogP contribution in [0.2, 0.25) is 0 Å². The largest absolute Gasteiger partial charge is 0.481 e. The highest BCUT2D eigenvalue weighted by Gasteiger charge is 2.08. The molecule has 0 unspecified atom stereocenters. The van der Waals surface area contributed by atoms with Crippen molar-refractivity contribution in [1.82, 2.24) is 9.88 Å². The highest BCUT2D eigenvalue weighted by Crippen LogP contribution is 2.06. The number of rotatable bonds is 10. The van der Waals surface area contributed by atoms with E-state index in [1.54, 1.807) is 6.20 Å². The molecule has 0 fully saturated rings. The number of unbranched alkanes of at least 4 members (excludes halogenated alkanes) is 3. The van der Waals surface area contributed by atoms with E-state index in [1.807, 2.05) is 18.2 Å². The Kier molecular flexibility index (Phi) is 7.82. The van der Waals surface area contributed by atoms with Crippen LogP contribution in [-0.4, -0.2) is 34.0 Å². The Morgan fingerprint density at radius 2 is 2.11 bits per heavy atom. The molecule has 0 aromatic carbocycles. The van der Waals surface area contributed by atoms with Gasteiger partial charge in [0.05, 0.1) is 12.1 Å². The van der Waals surface area contributed by atoms with Gasteiger partial charge in [0, 0.05) is 19.3 Å². The molecule has 0 bridgehead atoms. The molecule has 0 spiro atoms. The minimum Gasteiger partial charge on any atom is -0.481 e. The standard InChI is InChI=1S/C15H24N2O2/c1-2-3-4-7-11-17(12-9-15(18)19)13-14-8-5-6-10-16-14/h5-6,8,10H,2-4,7,9,11-13H2,1H3,(H,18,19). The Morgan fingerprint density at radius 1 is 1.26 bits per heavy atom. The van der Waals surface area contributed by atoms with E-state index in [4.69, 9.17) is 5.11 Å². The first-order chi connectivity index (χ1) is 9.22. The Bertz CT molecular complexity index is 354. The lowest BCUT2D eigenvalue weighted by Crippen LogP contribution is -2.27. The van der Waals surface area contributed by atoms with Gasteiger partial charge >= 0.3 is 5.97 Å². The first kappa shape index (κ1) is 15.6. The smallest absolute Gasteiger partial charge is 0.304 e. The van der Waals surface area contributed by atoms with E-state index < -0.39 is 5.97 Å². The Labute approximate surface area is 115 Å². The summed E-state index contributed by atoms with van der Waals surface area (Å²) in [6, 6.07) is 5.85. The molecule has 0 radical (unpaired) electrons. The molecule has 1 heterocycles. The number of aromatic nitrogens is 1. The normalized spacial score (nSPS) is 10.8. The molecular weight excluding hydrogens is 240 g/mol. The summed E-state index contributed by atoms with van der Waals surface area (Å²) in [6.45, 7) is 4.47. The van der Waals surface area contributed by atoms with Crippen molar-refractivity contribution < 1.29 is 9.90 Å². The van der Waals surface area contributed by atoms with Gasteiger partial charge in [-0.15, -0.1) is 0 Å². The maximum absolute atomic E-state index is 10.7. The zero-order valence-electron chi connectivity index (χ0n) is 11.7. The summed E-state index contributed by atoms with van der Waals surface area (Å²) in [5.74, 6) is -0.737. The molecule has 4 nitrogen and oxygen atoms in total. The van der Waals surface area contributed by atoms with Crippen LogP contribution in [0.25, 0.3) is 0 Å². The van der Waals surface area contributed by atoms with Crippen molar-refractivity contribution in [2.45, 2.75) is 45.6 Å². The summed E-state index contributed by atoms with van der Waals surface area (Å²) in [5.41, 5.74) is 1.00. The molecular formula is C15H24N2O2. The summed E-state index contributed by atoms with van der Waals surface area (Å²) in [6.07, 6.45) is 6.77. The lowest BCUT2D eigenvalue weighted by atomic mass is 10.2. The molecule has 0 saturated heterocycles. The lowest BCUT2D eigenvalue weighted by Gasteiger charge is -2.21. The van der Waals surface area contributed by atoms with Gasteiger partial charge < -0.3 is 5.11 Å². The Hall–Kier alpha value is -1.42. The average molecular weight is 264 g/mol. The molecule has 0 aliphatic heterocycles. The van der Waals surface area contributed by atoms with Gasteiger partial charge in [0.2, 0.25) is 0 Å². The van der Waals surface area contributed by atoms with Crippen molar-refractivity contribution in [1.29, 1.82) is 0 Å². The van der Waals surface area contributed by atoms with Gasteiger partial charge in [0.25, 0.3) is 0 Å². The highest BCUT2D eigenvalue weighted by molar-refractivity contribution is 5.66. The van der Waals surface area contributed by atoms with Crippen LogP contribution < -0.4 is 0 Å². The van der Waals surface area contributed by atoms with E-state index in [9.17, 15) is 4.79 Å². The lowest BCUT2D eigenvalue weighted by molar-refractivity contribution is -0.137. The quantitative estimate of drug-likeness (QED) is 0.660. The molecule has 1 rings (SSSR count). The second kappa shape index (κ2) is 9.50. The molecule has 0 aliphatic carbocycles. The molecule has 0 amide bonds. The third kappa shape index (κ3) is 7.57. The highest BCUT2D eigenvalue weighted by atomic mass is 16.4. The monoisotopic (exact) mass is 264 g/mol. The molecule has 1 aromatic rings. The fraction of sp³-hybridized carbons (Fsp3) is 0.600. The summed E-state index contributed by atoms with van der Waals surface area (Å²) < 4.78 is 0. The number of aliphatic carboxylic acids is 1. The van der Waals surface area contributed by atoms with Gasteiger partial charge in [-0.1, -0.05) is 32.3 Å². The van der Waals surface area contributed by atoms with Crippen LogP contribution in [0.15, 0.2) is 24.4 Å². The fourth-order valence-corrected chi connectivity index (χ4v) is 2.01. The maximum Gasteiger partial charge on any atom is 0.304 e. The van der Waals surface area contributed by atoms with Crippen LogP contribution in [0.1, 0.15) is 44.7 Å². The van der Waals surface area contributed by atoms with Crippen LogP contribution in [0.5, 0.6) is 0 Å². The molecule has 1 N–H and O–H groups in total. The van der Waals surface area contributed by atoms with Crippen molar-refractivity contribution >= 4 is 5.97 Å². The molecule has 19 heavy (non-hydrogen) atoms.